The minimum absolute atomic E-state index is 0.0725. The van der Waals surface area contributed by atoms with Crippen molar-refractivity contribution in [2.45, 2.75) is 26.2 Å². The Morgan fingerprint density at radius 1 is 1.07 bits per heavy atom. The number of likely N-dealkylation sites (N-methyl/N-ethyl adjacent to an activating group) is 1. The number of allylic oxidation sites excluding steroid dienone is 2. The minimum Gasteiger partial charge on any atom is -0.347 e. The molecule has 0 atom stereocenters. The number of rotatable bonds is 2. The van der Waals surface area contributed by atoms with E-state index in [1.54, 1.807) is 11.3 Å². The molecule has 3 nitrogen and oxygen atoms in total. The Morgan fingerprint density at radius 2 is 1.76 bits per heavy atom. The van der Waals surface area contributed by atoms with Crippen LogP contribution in [0.4, 0.5) is 5.69 Å². The van der Waals surface area contributed by atoms with Gasteiger partial charge in [0, 0.05) is 29.4 Å². The molecule has 0 saturated heterocycles. The van der Waals surface area contributed by atoms with Crippen molar-refractivity contribution < 1.29 is 0 Å². The molecule has 2 heterocycles. The summed E-state index contributed by atoms with van der Waals surface area (Å²) in [6.45, 7) is 6.35. The maximum absolute atomic E-state index is 9.32. The summed E-state index contributed by atoms with van der Waals surface area (Å²) in [4.78, 5) is 7.04. The van der Waals surface area contributed by atoms with Crippen LogP contribution >= 0.6 is 11.3 Å². The second-order valence-electron chi connectivity index (χ2n) is 7.75. The Morgan fingerprint density at radius 3 is 2.45 bits per heavy atom. The zero-order valence-corrected chi connectivity index (χ0v) is 17.9. The Hall–Kier alpha value is -3.16. The first-order valence-electron chi connectivity index (χ1n) is 9.62. The molecule has 4 heteroatoms. The average Bonchev–Trinajstić information content (AvgIpc) is 3.25. The number of hydrogen-bond acceptors (Lipinski definition) is 4. The second-order valence-corrected chi connectivity index (χ2v) is 8.79. The first kappa shape index (κ1) is 19.2. The summed E-state index contributed by atoms with van der Waals surface area (Å²) < 4.78 is 1.84. The van der Waals surface area contributed by atoms with Gasteiger partial charge in [-0.2, -0.15) is 5.26 Å². The molecular formula is C25H23N3S. The molecule has 0 N–H and O–H groups in total. The second kappa shape index (κ2) is 7.35. The number of anilines is 1. The van der Waals surface area contributed by atoms with Crippen LogP contribution < -0.4 is 14.1 Å². The molecule has 0 aliphatic carbocycles. The molecule has 1 aliphatic rings. The van der Waals surface area contributed by atoms with E-state index in [4.69, 9.17) is 4.98 Å². The third kappa shape index (κ3) is 3.28. The van der Waals surface area contributed by atoms with Crippen LogP contribution in [0.15, 0.2) is 66.4 Å². The average molecular weight is 398 g/mol. The summed E-state index contributed by atoms with van der Waals surface area (Å²) in [7, 11) is 2.12. The van der Waals surface area contributed by atoms with Gasteiger partial charge in [-0.25, -0.2) is 4.98 Å². The largest absolute Gasteiger partial charge is 0.347 e. The molecule has 0 fully saturated rings. The lowest BCUT2D eigenvalue weighted by molar-refractivity contribution is 0.641. The van der Waals surface area contributed by atoms with Gasteiger partial charge in [0.2, 0.25) is 0 Å². The molecule has 29 heavy (non-hydrogen) atoms. The molecule has 0 amide bonds. The highest BCUT2D eigenvalue weighted by molar-refractivity contribution is 7.07. The van der Waals surface area contributed by atoms with Gasteiger partial charge in [0.25, 0.3) is 0 Å². The molecule has 1 aromatic heterocycles. The van der Waals surface area contributed by atoms with E-state index >= 15 is 0 Å². The summed E-state index contributed by atoms with van der Waals surface area (Å²) in [6.07, 6.45) is 4.35. The van der Waals surface area contributed by atoms with Crippen molar-refractivity contribution >= 4 is 28.7 Å². The number of nitrogens with zero attached hydrogens (tertiary/aromatic N) is 3. The summed E-state index contributed by atoms with van der Waals surface area (Å²) >= 11 is 1.57. The van der Waals surface area contributed by atoms with Gasteiger partial charge >= 0.3 is 0 Å². The third-order valence-electron chi connectivity index (χ3n) is 5.52. The van der Waals surface area contributed by atoms with Crippen molar-refractivity contribution in [1.82, 2.24) is 4.98 Å². The van der Waals surface area contributed by atoms with Gasteiger partial charge in [0.15, 0.2) is 0 Å². The molecule has 0 bridgehead atoms. The van der Waals surface area contributed by atoms with E-state index in [9.17, 15) is 5.26 Å². The Balaban J connectivity index is 1.90. The van der Waals surface area contributed by atoms with Crippen LogP contribution in [0.1, 0.15) is 26.3 Å². The minimum atomic E-state index is -0.0725. The molecule has 3 aromatic rings. The normalized spacial score (nSPS) is 18.0. The fourth-order valence-electron chi connectivity index (χ4n) is 3.91. The number of benzene rings is 2. The van der Waals surface area contributed by atoms with Crippen LogP contribution in [0.3, 0.4) is 0 Å². The molecule has 1 aliphatic heterocycles. The first-order chi connectivity index (χ1) is 13.9. The monoisotopic (exact) mass is 397 g/mol. The van der Waals surface area contributed by atoms with Gasteiger partial charge in [-0.1, -0.05) is 62.4 Å². The van der Waals surface area contributed by atoms with E-state index in [0.717, 1.165) is 20.5 Å². The molecule has 0 saturated carbocycles. The van der Waals surface area contributed by atoms with Crippen molar-refractivity contribution in [3.8, 4) is 17.3 Å². The van der Waals surface area contributed by atoms with Crippen LogP contribution in [-0.2, 0) is 5.41 Å². The Labute approximate surface area is 175 Å². The van der Waals surface area contributed by atoms with Crippen LogP contribution in [0, 0.1) is 11.3 Å². The standard InChI is InChI=1S/C25H23N3S/c1-17(16-26)24-27-23(18-10-6-5-7-11-18)21(29-24)14-15-22-25(2,3)19-12-8-9-13-20(19)28(22)4/h5-15H,1-4H3. The number of nitriles is 1. The lowest BCUT2D eigenvalue weighted by Gasteiger charge is -2.23. The Kier molecular flexibility index (Phi) is 4.86. The lowest BCUT2D eigenvalue weighted by Crippen LogP contribution is -2.22. The van der Waals surface area contributed by atoms with Gasteiger partial charge < -0.3 is 4.90 Å². The number of hydrogen-bond donors (Lipinski definition) is 0. The van der Waals surface area contributed by atoms with E-state index in [2.05, 4.69) is 80.4 Å². The number of aromatic nitrogens is 1. The van der Waals surface area contributed by atoms with Crippen LogP contribution in [0.25, 0.3) is 22.9 Å². The summed E-state index contributed by atoms with van der Waals surface area (Å²) in [6, 6.07) is 21.0. The zero-order valence-electron chi connectivity index (χ0n) is 17.1. The van der Waals surface area contributed by atoms with Gasteiger partial charge in [-0.15, -0.1) is 11.3 Å². The zero-order chi connectivity index (χ0) is 20.6. The van der Waals surface area contributed by atoms with Gasteiger partial charge in [-0.3, -0.25) is 0 Å². The molecule has 0 unspecified atom stereocenters. The quantitative estimate of drug-likeness (QED) is 0.635. The van der Waals surface area contributed by atoms with E-state index in [-0.39, 0.29) is 5.41 Å². The highest BCUT2D eigenvalue weighted by atomic mass is 32.1. The van der Waals surface area contributed by atoms with Crippen molar-refractivity contribution in [2.75, 3.05) is 11.9 Å². The molecule has 0 spiro atoms. The van der Waals surface area contributed by atoms with Gasteiger partial charge in [0.1, 0.15) is 4.66 Å². The van der Waals surface area contributed by atoms with E-state index in [0.29, 0.717) is 5.57 Å². The van der Waals surface area contributed by atoms with Crippen molar-refractivity contribution in [3.63, 3.8) is 0 Å². The fourth-order valence-corrected chi connectivity index (χ4v) is 4.85. The van der Waals surface area contributed by atoms with E-state index < -0.39 is 0 Å². The summed E-state index contributed by atoms with van der Waals surface area (Å²) in [5.74, 6) is 0. The van der Waals surface area contributed by atoms with Crippen molar-refractivity contribution in [3.05, 3.63) is 81.1 Å². The van der Waals surface area contributed by atoms with Crippen molar-refractivity contribution in [2.24, 2.45) is 0 Å². The van der Waals surface area contributed by atoms with E-state index in [1.165, 1.54) is 16.9 Å². The van der Waals surface area contributed by atoms with Gasteiger partial charge in [-0.05, 0) is 30.7 Å². The summed E-state index contributed by atoms with van der Waals surface area (Å²) in [5.41, 5.74) is 6.39. The van der Waals surface area contributed by atoms with E-state index in [1.807, 2.05) is 25.1 Å². The fraction of sp³-hybridized carbons (Fsp3) is 0.200. The highest BCUT2D eigenvalue weighted by Gasteiger charge is 2.37. The topological polar surface area (TPSA) is 39.9 Å². The van der Waals surface area contributed by atoms with Crippen LogP contribution in [0.2, 0.25) is 0 Å². The molecule has 2 aromatic carbocycles. The summed E-state index contributed by atoms with van der Waals surface area (Å²) in [5, 5.41) is 9.32. The SMILES string of the molecule is CC(C#N)=c1nc(-c2ccccc2)c(=CC=C2N(C)c3ccccc3C2(C)C)s1. The van der Waals surface area contributed by atoms with Crippen LogP contribution in [0.5, 0.6) is 0 Å². The molecule has 144 valence electrons. The predicted octanol–water partition coefficient (Wildman–Crippen LogP) is 4.60. The smallest absolute Gasteiger partial charge is 0.130 e. The van der Waals surface area contributed by atoms with Gasteiger partial charge in [0.05, 0.1) is 21.9 Å². The lowest BCUT2D eigenvalue weighted by atomic mass is 9.84. The maximum atomic E-state index is 9.32. The third-order valence-corrected chi connectivity index (χ3v) is 6.66. The highest BCUT2D eigenvalue weighted by Crippen LogP contribution is 2.46. The predicted molar refractivity (Wildman–Crippen MR) is 122 cm³/mol. The molecule has 0 radical (unpaired) electrons. The molecular weight excluding hydrogens is 374 g/mol. The maximum Gasteiger partial charge on any atom is 0.130 e. The molecule has 4 rings (SSSR count). The first-order valence-corrected chi connectivity index (χ1v) is 10.4. The number of fused-ring (bicyclic) bond motifs is 1. The number of para-hydroxylation sites is 1. The Bertz CT molecular complexity index is 1260. The van der Waals surface area contributed by atoms with Crippen molar-refractivity contribution in [1.29, 1.82) is 5.26 Å². The van der Waals surface area contributed by atoms with Crippen LogP contribution in [-0.4, -0.2) is 12.0 Å². The number of thiazole rings is 1.